The summed E-state index contributed by atoms with van der Waals surface area (Å²) in [7, 11) is -8.94. The van der Waals surface area contributed by atoms with Crippen LogP contribution in [-0.2, 0) is 18.9 Å². The highest BCUT2D eigenvalue weighted by Crippen LogP contribution is 2.39. The van der Waals surface area contributed by atoms with Crippen LogP contribution >= 0.6 is 0 Å². The molecule has 0 aliphatic heterocycles. The number of benzene rings is 2. The number of rotatable bonds is 38. The van der Waals surface area contributed by atoms with Gasteiger partial charge in [0.1, 0.15) is 0 Å². The van der Waals surface area contributed by atoms with Crippen molar-refractivity contribution in [2.24, 2.45) is 0 Å². The highest BCUT2D eigenvalue weighted by molar-refractivity contribution is 7.89. The summed E-state index contributed by atoms with van der Waals surface area (Å²) in [5, 5.41) is 2.08. The Labute approximate surface area is 399 Å². The lowest BCUT2D eigenvalue weighted by Gasteiger charge is -2.46. The normalized spacial score (nSPS) is 14.1. The first-order valence-electron chi connectivity index (χ1n) is 26.6. The number of nitrogens with one attached hydrogen (secondary N) is 1. The van der Waals surface area contributed by atoms with Gasteiger partial charge >= 0.3 is 0 Å². The molecular weight excluding hydrogens is 839 g/mol. The van der Waals surface area contributed by atoms with E-state index in [0.29, 0.717) is 6.42 Å². The first kappa shape index (κ1) is 58.6. The minimum atomic E-state index is -3.64. The van der Waals surface area contributed by atoms with Gasteiger partial charge in [-0.3, -0.25) is 0 Å². The molecule has 0 saturated carbocycles. The van der Waals surface area contributed by atoms with E-state index in [-0.39, 0.29) is 22.4 Å². The molecule has 0 fully saturated rings. The van der Waals surface area contributed by atoms with Crippen LogP contribution in [0.5, 0.6) is 0 Å². The zero-order valence-electron chi connectivity index (χ0n) is 43.4. The summed E-state index contributed by atoms with van der Waals surface area (Å²) in [6.45, 7) is 23.0. The van der Waals surface area contributed by atoms with Gasteiger partial charge in [0.15, 0.2) is 8.32 Å². The topological polar surface area (TPSA) is 64.6 Å². The fourth-order valence-electron chi connectivity index (χ4n) is 8.79. The average molecular weight is 941 g/mol. The lowest BCUT2D eigenvalue weighted by atomic mass is 10.0. The molecule has 0 unspecified atom stereocenters. The van der Waals surface area contributed by atoms with E-state index >= 15 is 0 Å². The molecular formula is C56H101NO4SSi2. The van der Waals surface area contributed by atoms with Gasteiger partial charge in [0.25, 0.3) is 8.32 Å². The summed E-state index contributed by atoms with van der Waals surface area (Å²) in [5.74, 6) is 0.121. The molecule has 2 aromatic rings. The van der Waals surface area contributed by atoms with E-state index in [1.54, 1.807) is 0 Å². The minimum absolute atomic E-state index is 0.0239. The maximum atomic E-state index is 14.3. The van der Waals surface area contributed by atoms with Crippen LogP contribution in [0.4, 0.5) is 0 Å². The van der Waals surface area contributed by atoms with E-state index in [9.17, 15) is 8.42 Å². The van der Waals surface area contributed by atoms with Crippen molar-refractivity contribution in [3.63, 3.8) is 0 Å². The number of hydrogen-bond acceptors (Lipinski definition) is 4. The first-order valence-corrected chi connectivity index (χ1v) is 33.1. The maximum absolute atomic E-state index is 14.3. The van der Waals surface area contributed by atoms with Gasteiger partial charge in [0.2, 0.25) is 10.0 Å². The Morgan fingerprint density at radius 2 is 0.922 bits per heavy atom. The van der Waals surface area contributed by atoms with Gasteiger partial charge in [0.05, 0.1) is 24.5 Å². The van der Waals surface area contributed by atoms with E-state index in [4.69, 9.17) is 8.85 Å². The molecule has 0 spiro atoms. The number of hydrogen-bond donors (Lipinski definition) is 1. The molecule has 0 aliphatic rings. The van der Waals surface area contributed by atoms with Crippen LogP contribution in [0.2, 0.25) is 23.2 Å². The predicted molar refractivity (Wildman–Crippen MR) is 287 cm³/mol. The van der Waals surface area contributed by atoms with Crippen LogP contribution in [0.1, 0.15) is 222 Å². The van der Waals surface area contributed by atoms with Gasteiger partial charge in [-0.05, 0) is 52.8 Å². The Balaban J connectivity index is 2.32. The van der Waals surface area contributed by atoms with E-state index in [1.165, 1.54) is 145 Å². The largest absolute Gasteiger partial charge is 0.415 e. The second-order valence-electron chi connectivity index (χ2n) is 21.7. The maximum Gasteiger partial charge on any atom is 0.261 e. The third-order valence-corrected chi connectivity index (χ3v) is 25.0. The molecule has 0 aromatic heterocycles. The molecule has 1 N–H and O–H groups in total. The van der Waals surface area contributed by atoms with Crippen molar-refractivity contribution in [3.05, 3.63) is 72.8 Å². The summed E-state index contributed by atoms with van der Waals surface area (Å²) >= 11 is 0. The van der Waals surface area contributed by atoms with Crippen LogP contribution < -0.4 is 15.1 Å². The van der Waals surface area contributed by atoms with Crippen LogP contribution in [0, 0.1) is 0 Å². The third kappa shape index (κ3) is 23.0. The molecule has 0 amide bonds. The summed E-state index contributed by atoms with van der Waals surface area (Å²) in [6, 6.07) is 20.9. The van der Waals surface area contributed by atoms with Crippen molar-refractivity contribution >= 4 is 37.0 Å². The lowest BCUT2D eigenvalue weighted by Crippen LogP contribution is -2.69. The summed E-state index contributed by atoms with van der Waals surface area (Å²) in [5.41, 5.74) is 0. The van der Waals surface area contributed by atoms with Gasteiger partial charge in [-0.25, -0.2) is 13.1 Å². The van der Waals surface area contributed by atoms with Gasteiger partial charge in [-0.1, -0.05) is 276 Å². The third-order valence-electron chi connectivity index (χ3n) is 14.0. The smallest absolute Gasteiger partial charge is 0.261 e. The molecule has 368 valence electrons. The summed E-state index contributed by atoms with van der Waals surface area (Å²) in [6.07, 6.45) is 36.6. The quantitative estimate of drug-likeness (QED) is 0.0414. The Kier molecular flexibility index (Phi) is 29.5. The Morgan fingerprint density at radius 3 is 1.30 bits per heavy atom. The first-order chi connectivity index (χ1) is 30.5. The molecule has 0 aliphatic carbocycles. The number of unbranched alkanes of at least 4 members (excludes halogenated alkanes) is 24. The van der Waals surface area contributed by atoms with Crippen molar-refractivity contribution in [3.8, 4) is 0 Å². The highest BCUT2D eigenvalue weighted by Gasteiger charge is 2.52. The zero-order valence-corrected chi connectivity index (χ0v) is 46.2. The van der Waals surface area contributed by atoms with E-state index in [1.807, 2.05) is 0 Å². The molecule has 2 aromatic carbocycles. The molecule has 0 radical (unpaired) electrons. The van der Waals surface area contributed by atoms with Gasteiger partial charge in [-0.2, -0.15) is 0 Å². The molecule has 8 heteroatoms. The molecule has 0 heterocycles. The number of sulfonamides is 1. The van der Waals surface area contributed by atoms with Crippen LogP contribution in [-0.4, -0.2) is 49.6 Å². The van der Waals surface area contributed by atoms with E-state index in [2.05, 4.69) is 146 Å². The minimum Gasteiger partial charge on any atom is -0.415 e. The van der Waals surface area contributed by atoms with Crippen molar-refractivity contribution in [2.75, 3.05) is 12.4 Å². The Bertz CT molecular complexity index is 1530. The van der Waals surface area contributed by atoms with Crippen molar-refractivity contribution in [1.82, 2.24) is 4.72 Å². The van der Waals surface area contributed by atoms with E-state index < -0.39 is 38.8 Å². The predicted octanol–water partition coefficient (Wildman–Crippen LogP) is 16.0. The molecule has 2 rings (SSSR count). The highest BCUT2D eigenvalue weighted by atomic mass is 32.2. The Morgan fingerprint density at radius 1 is 0.547 bits per heavy atom. The fraction of sp³-hybridized carbons (Fsp3) is 0.750. The molecule has 0 bridgehead atoms. The molecule has 2 atom stereocenters. The van der Waals surface area contributed by atoms with Gasteiger partial charge in [0, 0.05) is 0 Å². The molecule has 5 nitrogen and oxygen atoms in total. The average Bonchev–Trinajstić information content (AvgIpc) is 3.25. The van der Waals surface area contributed by atoms with Crippen LogP contribution in [0.3, 0.4) is 0 Å². The molecule has 0 saturated heterocycles. The SMILES string of the molecule is CCCCCCCCCCCCC/C=C/[C@H](O[Si](c1ccccc1)(c1ccccc1)C(C)(C)C)[C@H](CO[Si](C)(C)C(C)(C)C)NS(=O)(=O)CCCCCCCCCCCCCCCC. The van der Waals surface area contributed by atoms with Crippen molar-refractivity contribution < 1.29 is 17.3 Å². The standard InChI is InChI=1S/C56H101NO4SSi2/c1-11-13-15-17-19-21-23-25-27-29-31-33-35-43-49-62(58,59)57-53(50-60-63(9,10)55(3,4)5)54(48-42-34-32-30-28-26-24-22-20-18-16-14-12-2)61-64(56(6,7)8,51-44-38-36-39-45-51)52-46-40-37-41-47-52/h36-42,44-48,53-54,57H,11-35,43,49-50H2,1-10H3/b48-42+/t53-,54-/m0/s1. The fourth-order valence-corrected chi connectivity index (χ4v) is 15.9. The molecule has 64 heavy (non-hydrogen) atoms. The van der Waals surface area contributed by atoms with E-state index in [0.717, 1.165) is 25.7 Å². The summed E-state index contributed by atoms with van der Waals surface area (Å²) < 4.78 is 46.5. The van der Waals surface area contributed by atoms with Crippen molar-refractivity contribution in [2.45, 2.75) is 258 Å². The lowest BCUT2D eigenvalue weighted by molar-refractivity contribution is 0.147. The zero-order chi connectivity index (χ0) is 47.2. The van der Waals surface area contributed by atoms with Crippen LogP contribution in [0.25, 0.3) is 0 Å². The number of allylic oxidation sites excluding steroid dienone is 1. The Hall–Kier alpha value is -1.56. The van der Waals surface area contributed by atoms with Crippen LogP contribution in [0.15, 0.2) is 72.8 Å². The van der Waals surface area contributed by atoms with Gasteiger partial charge < -0.3 is 8.85 Å². The monoisotopic (exact) mass is 940 g/mol. The summed E-state index contributed by atoms with van der Waals surface area (Å²) in [4.78, 5) is 0. The van der Waals surface area contributed by atoms with Crippen molar-refractivity contribution in [1.29, 1.82) is 0 Å². The second-order valence-corrected chi connectivity index (χ2v) is 32.6. The second kappa shape index (κ2) is 32.2. The van der Waals surface area contributed by atoms with Gasteiger partial charge in [-0.15, -0.1) is 0 Å².